The van der Waals surface area contributed by atoms with Crippen LogP contribution >= 0.6 is 0 Å². The first-order valence-electron chi connectivity index (χ1n) is 17.7. The molecule has 1 aromatic heterocycles. The zero-order valence-corrected chi connectivity index (χ0v) is 30.7. The van der Waals surface area contributed by atoms with Crippen LogP contribution < -0.4 is 10.8 Å². The number of aryl methyl sites for hydroxylation is 1. The van der Waals surface area contributed by atoms with Gasteiger partial charge < -0.3 is 33.6 Å². The number of alkyl carbamates (subject to hydrolysis) is 1. The number of aromatic nitrogens is 1. The third kappa shape index (κ3) is 8.69. The number of nitrogens with one attached hydrogen (secondary N) is 1. The van der Waals surface area contributed by atoms with Crippen molar-refractivity contribution in [3.63, 3.8) is 0 Å². The van der Waals surface area contributed by atoms with Crippen molar-refractivity contribution in [1.82, 2.24) is 14.8 Å². The second-order valence-corrected chi connectivity index (χ2v) is 15.6. The molecule has 2 aliphatic rings. The van der Waals surface area contributed by atoms with Crippen LogP contribution in [0.5, 0.6) is 0 Å². The quantitative estimate of drug-likeness (QED) is 0.182. The normalized spacial score (nSPS) is 19.5. The summed E-state index contributed by atoms with van der Waals surface area (Å²) in [5.41, 5.74) is 1.25. The number of likely N-dealkylation sites (tertiary alicyclic amines) is 1. The van der Waals surface area contributed by atoms with Gasteiger partial charge in [-0.2, -0.15) is 0 Å². The Kier molecular flexibility index (Phi) is 11.3. The smallest absolute Gasteiger partial charge is 0.444 e. The number of carbonyl (C=O) groups excluding carboxylic acids is 2. The number of halogens is 2. The number of piperidine rings is 1. The second kappa shape index (κ2) is 15.0. The summed E-state index contributed by atoms with van der Waals surface area (Å²) < 4.78 is 55.0. The number of hydrogen-bond acceptors (Lipinski definition) is 6. The molecule has 0 saturated carbocycles. The minimum absolute atomic E-state index is 0.0605. The van der Waals surface area contributed by atoms with Crippen LogP contribution in [0.25, 0.3) is 10.9 Å². The van der Waals surface area contributed by atoms with Gasteiger partial charge in [0.25, 0.3) is 0 Å². The van der Waals surface area contributed by atoms with E-state index in [0.717, 1.165) is 41.7 Å². The molecule has 2 amide bonds. The Hall–Kier alpha value is -3.48. The molecule has 0 aliphatic carbocycles. The van der Waals surface area contributed by atoms with Crippen molar-refractivity contribution in [2.75, 3.05) is 26.8 Å². The monoisotopic (exact) mass is 695 g/mol. The highest BCUT2D eigenvalue weighted by Crippen LogP contribution is 2.37. The highest BCUT2D eigenvalue weighted by molar-refractivity contribution is 6.62. The average molecular weight is 696 g/mol. The largest absolute Gasteiger partial charge is 0.494 e. The lowest BCUT2D eigenvalue weighted by Crippen LogP contribution is -2.46. The molecule has 0 radical (unpaired) electrons. The molecule has 5 rings (SSSR count). The van der Waals surface area contributed by atoms with Crippen LogP contribution in [0.3, 0.4) is 0 Å². The van der Waals surface area contributed by atoms with Gasteiger partial charge in [-0.25, -0.2) is 13.6 Å². The van der Waals surface area contributed by atoms with Crippen LogP contribution in [0.2, 0.25) is 0 Å². The molecule has 50 heavy (non-hydrogen) atoms. The molecule has 1 N–H and O–H groups in total. The zero-order valence-electron chi connectivity index (χ0n) is 30.7. The molecule has 2 aliphatic heterocycles. The molecule has 2 aromatic carbocycles. The van der Waals surface area contributed by atoms with E-state index in [9.17, 15) is 14.0 Å². The molecular weight excluding hydrogens is 643 g/mol. The Morgan fingerprint density at radius 2 is 1.70 bits per heavy atom. The van der Waals surface area contributed by atoms with E-state index in [-0.39, 0.29) is 29.1 Å². The molecule has 3 aromatic rings. The highest BCUT2D eigenvalue weighted by Gasteiger charge is 2.51. The van der Waals surface area contributed by atoms with Gasteiger partial charge in [0.15, 0.2) is 0 Å². The van der Waals surface area contributed by atoms with Crippen molar-refractivity contribution in [1.29, 1.82) is 0 Å². The second-order valence-electron chi connectivity index (χ2n) is 15.6. The van der Waals surface area contributed by atoms with Crippen molar-refractivity contribution < 1.29 is 37.2 Å². The zero-order chi connectivity index (χ0) is 36.4. The van der Waals surface area contributed by atoms with Gasteiger partial charge in [0.05, 0.1) is 16.7 Å². The van der Waals surface area contributed by atoms with Crippen LogP contribution in [0.4, 0.5) is 13.6 Å². The summed E-state index contributed by atoms with van der Waals surface area (Å²) in [7, 11) is 1.12. The lowest BCUT2D eigenvalue weighted by atomic mass is 9.78. The fraction of sp³-hybridized carbons (Fsp3) is 0.579. The Morgan fingerprint density at radius 1 is 1.04 bits per heavy atom. The third-order valence-electron chi connectivity index (χ3n) is 10.0. The number of hydrogen-bond donors (Lipinski definition) is 1. The highest BCUT2D eigenvalue weighted by atomic mass is 19.1. The van der Waals surface area contributed by atoms with E-state index in [2.05, 4.69) is 5.32 Å². The fourth-order valence-corrected chi connectivity index (χ4v) is 6.78. The van der Waals surface area contributed by atoms with Gasteiger partial charge in [-0.3, -0.25) is 4.79 Å². The van der Waals surface area contributed by atoms with E-state index >= 15 is 4.39 Å². The van der Waals surface area contributed by atoms with Crippen LogP contribution in [0.1, 0.15) is 91.3 Å². The van der Waals surface area contributed by atoms with Gasteiger partial charge in [0.1, 0.15) is 17.2 Å². The van der Waals surface area contributed by atoms with Crippen LogP contribution in [0.15, 0.2) is 42.5 Å². The Morgan fingerprint density at radius 3 is 2.34 bits per heavy atom. The molecule has 0 spiro atoms. The van der Waals surface area contributed by atoms with Gasteiger partial charge in [-0.15, -0.1) is 0 Å². The summed E-state index contributed by atoms with van der Waals surface area (Å²) in [6.07, 6.45) is 2.02. The lowest BCUT2D eigenvalue weighted by Gasteiger charge is -2.34. The van der Waals surface area contributed by atoms with E-state index in [1.807, 2.05) is 61.4 Å². The molecular formula is C38H52BF2N3O6. The first kappa shape index (κ1) is 37.8. The number of carbonyl (C=O) groups is 2. The number of rotatable bonds is 11. The number of benzene rings is 2. The Balaban J connectivity index is 1.32. The number of amides is 2. The molecule has 2 fully saturated rings. The summed E-state index contributed by atoms with van der Waals surface area (Å²) in [5, 5.41) is 3.18. The van der Waals surface area contributed by atoms with Crippen LogP contribution in [-0.4, -0.2) is 78.2 Å². The number of ether oxygens (including phenoxy) is 2. The summed E-state index contributed by atoms with van der Waals surface area (Å²) in [6.45, 7) is 15.3. The van der Waals surface area contributed by atoms with Crippen molar-refractivity contribution in [2.45, 2.75) is 116 Å². The summed E-state index contributed by atoms with van der Waals surface area (Å²) in [5.74, 6) is -1.17. The van der Waals surface area contributed by atoms with Gasteiger partial charge in [0.2, 0.25) is 5.91 Å². The van der Waals surface area contributed by atoms with Gasteiger partial charge in [0, 0.05) is 62.8 Å². The van der Waals surface area contributed by atoms with Crippen LogP contribution in [-0.2, 0) is 36.5 Å². The first-order valence-corrected chi connectivity index (χ1v) is 17.7. The first-order chi connectivity index (χ1) is 23.5. The van der Waals surface area contributed by atoms with Gasteiger partial charge >= 0.3 is 13.2 Å². The summed E-state index contributed by atoms with van der Waals surface area (Å²) in [6, 6.07) is 11.4. The molecule has 272 valence electrons. The van der Waals surface area contributed by atoms with E-state index < -0.39 is 47.7 Å². The molecule has 9 nitrogen and oxygen atoms in total. The topological polar surface area (TPSA) is 91.3 Å². The number of nitrogens with zero attached hydrogens (tertiary/aromatic N) is 2. The number of methoxy groups -OCH3 is 1. The summed E-state index contributed by atoms with van der Waals surface area (Å²) >= 11 is 0. The predicted molar refractivity (Wildman–Crippen MR) is 191 cm³/mol. The van der Waals surface area contributed by atoms with E-state index in [4.69, 9.17) is 18.8 Å². The maximum atomic E-state index is 15.1. The molecule has 3 heterocycles. The van der Waals surface area contributed by atoms with Crippen molar-refractivity contribution >= 4 is 35.5 Å². The van der Waals surface area contributed by atoms with E-state index in [1.165, 1.54) is 0 Å². The van der Waals surface area contributed by atoms with Gasteiger partial charge in [-0.1, -0.05) is 24.3 Å². The molecule has 0 bridgehead atoms. The average Bonchev–Trinajstić information content (AvgIpc) is 3.52. The lowest BCUT2D eigenvalue weighted by molar-refractivity contribution is -0.132. The maximum absolute atomic E-state index is 15.1. The van der Waals surface area contributed by atoms with Gasteiger partial charge in [-0.05, 0) is 103 Å². The van der Waals surface area contributed by atoms with Crippen molar-refractivity contribution in [3.8, 4) is 0 Å². The predicted octanol–water partition coefficient (Wildman–Crippen LogP) is 6.49. The van der Waals surface area contributed by atoms with Crippen molar-refractivity contribution in [3.05, 3.63) is 65.4 Å². The minimum atomic E-state index is -0.704. The third-order valence-corrected chi connectivity index (χ3v) is 10.0. The van der Waals surface area contributed by atoms with Crippen molar-refractivity contribution in [2.24, 2.45) is 0 Å². The van der Waals surface area contributed by atoms with E-state index in [0.29, 0.717) is 39.1 Å². The summed E-state index contributed by atoms with van der Waals surface area (Å²) in [4.78, 5) is 28.7. The molecule has 2 saturated heterocycles. The SMILES string of the molecule is COCCCn1c(C2CCCN(C(=O)C[C@@H](Cc3ccc(B4OC(C)(C)C(C)(C)O4)cc3)NC(=O)OC(C)(C)C)C2)cc2c(F)ccc(F)c21. The van der Waals surface area contributed by atoms with Crippen LogP contribution in [0, 0.1) is 11.6 Å². The van der Waals surface area contributed by atoms with E-state index in [1.54, 1.807) is 33.9 Å². The Labute approximate surface area is 295 Å². The Bertz CT molecular complexity index is 1650. The molecule has 2 atom stereocenters. The number of fused-ring (bicyclic) bond motifs is 1. The molecule has 1 unspecified atom stereocenters. The maximum Gasteiger partial charge on any atom is 0.494 e. The fourth-order valence-electron chi connectivity index (χ4n) is 6.78. The minimum Gasteiger partial charge on any atom is -0.444 e. The standard InChI is InChI=1S/C38H52BF2N3O6/c1-36(2,3)48-35(46)42-28(21-25-12-14-27(15-13-25)39-49-37(4,5)38(6,7)50-39)22-33(45)43-18-9-11-26(24-43)32-23-29-30(40)16-17-31(41)34(29)44(32)19-10-20-47-8/h12-17,23,26,28H,9-11,18-22,24H2,1-8H3,(H,42,46)/t26?,28-/m1/s1. The molecule has 12 heteroatoms.